The molecule has 0 aliphatic heterocycles. The van der Waals surface area contributed by atoms with Crippen LogP contribution in [-0.2, 0) is 9.13 Å². The predicted octanol–water partition coefficient (Wildman–Crippen LogP) is -1.20. The summed E-state index contributed by atoms with van der Waals surface area (Å²) in [6.07, 6.45) is -0.366. The third kappa shape index (κ3) is 309. The van der Waals surface area contributed by atoms with Gasteiger partial charge < -0.3 is 5.11 Å². The molecule has 0 aliphatic rings. The number of hydrogen-bond acceptors (Lipinski definition) is 4. The van der Waals surface area contributed by atoms with Crippen LogP contribution in [0.4, 0.5) is 0 Å². The molecule has 1 atom stereocenters. The van der Waals surface area contributed by atoms with Gasteiger partial charge in [-0.2, -0.15) is 0 Å². The minimum atomic E-state index is -2.87. The van der Waals surface area contributed by atoms with E-state index in [0.29, 0.717) is 0 Å². The SMILES string of the molecule is CNC(C)O.O=[P+](O)O.O=[P+](O)O. The molecule has 0 aromatic carbocycles. The highest BCUT2D eigenvalue weighted by molar-refractivity contribution is 7.31. The van der Waals surface area contributed by atoms with Crippen molar-refractivity contribution in [2.75, 3.05) is 7.05 Å². The zero-order valence-electron chi connectivity index (χ0n) is 7.02. The Morgan fingerprint density at radius 1 is 1.08 bits per heavy atom. The number of hydrogen-bond donors (Lipinski definition) is 6. The van der Waals surface area contributed by atoms with Gasteiger partial charge in [0.15, 0.2) is 0 Å². The summed E-state index contributed by atoms with van der Waals surface area (Å²) in [7, 11) is -4.04. The third-order valence-corrected chi connectivity index (χ3v) is 0.418. The molecule has 8 nitrogen and oxygen atoms in total. The van der Waals surface area contributed by atoms with E-state index in [9.17, 15) is 0 Å². The second-order valence-electron chi connectivity index (χ2n) is 1.47. The molecule has 0 aromatic heterocycles. The lowest BCUT2D eigenvalue weighted by Crippen LogP contribution is -2.19. The summed E-state index contributed by atoms with van der Waals surface area (Å²) in [4.78, 5) is 28.5. The second-order valence-corrected chi connectivity index (χ2v) is 2.48. The van der Waals surface area contributed by atoms with Gasteiger partial charge >= 0.3 is 16.5 Å². The lowest BCUT2D eigenvalue weighted by Gasteiger charge is -1.94. The molecule has 0 aromatic rings. The van der Waals surface area contributed by atoms with Crippen LogP contribution in [0.2, 0.25) is 0 Å². The third-order valence-electron chi connectivity index (χ3n) is 0.418. The molecule has 80 valence electrons. The summed E-state index contributed by atoms with van der Waals surface area (Å²) >= 11 is 0. The fourth-order valence-electron chi connectivity index (χ4n) is 0. The van der Waals surface area contributed by atoms with Crippen molar-refractivity contribution < 1.29 is 33.8 Å². The van der Waals surface area contributed by atoms with Crippen LogP contribution in [0.3, 0.4) is 0 Å². The fourth-order valence-corrected chi connectivity index (χ4v) is 0. The molecule has 0 saturated carbocycles. The average molecular weight is 237 g/mol. The van der Waals surface area contributed by atoms with Crippen molar-refractivity contribution in [3.63, 3.8) is 0 Å². The standard InChI is InChI=1S/C3H9NO.2HO3P/c1-3(5)4-2;2*1-4(2)3/h3-5H,1-2H3;2*(H-,1,2,3)/p+2. The normalized spacial score (nSPS) is 9.77. The zero-order chi connectivity index (χ0) is 11.4. The first-order valence-corrected chi connectivity index (χ1v) is 5.12. The monoisotopic (exact) mass is 237 g/mol. The van der Waals surface area contributed by atoms with E-state index < -0.39 is 16.5 Å². The Hall–Kier alpha value is -0.0400. The van der Waals surface area contributed by atoms with Gasteiger partial charge in [-0.25, -0.2) is 0 Å². The summed E-state index contributed by atoms with van der Waals surface area (Å²) < 4.78 is 17.4. The Bertz CT molecular complexity index is 120. The van der Waals surface area contributed by atoms with Crippen LogP contribution in [-0.4, -0.2) is 38.0 Å². The van der Waals surface area contributed by atoms with E-state index in [0.717, 1.165) is 0 Å². The summed E-state index contributed by atoms with van der Waals surface area (Å²) in [6.45, 7) is 1.67. The largest absolute Gasteiger partial charge is 0.692 e. The molecule has 0 heterocycles. The van der Waals surface area contributed by atoms with E-state index >= 15 is 0 Å². The maximum Gasteiger partial charge on any atom is 0.692 e. The van der Waals surface area contributed by atoms with E-state index in [4.69, 9.17) is 33.8 Å². The Labute approximate surface area is 76.8 Å². The van der Waals surface area contributed by atoms with Gasteiger partial charge in [-0.3, -0.25) is 5.32 Å². The highest BCUT2D eigenvalue weighted by Crippen LogP contribution is 1.98. The highest BCUT2D eigenvalue weighted by atomic mass is 31.1. The Morgan fingerprint density at radius 2 is 1.15 bits per heavy atom. The predicted molar refractivity (Wildman–Crippen MR) is 44.8 cm³/mol. The molecule has 0 saturated heterocycles. The van der Waals surface area contributed by atoms with Crippen molar-refractivity contribution in [2.24, 2.45) is 0 Å². The Kier molecular flexibility index (Phi) is 20.8. The lowest BCUT2D eigenvalue weighted by atomic mass is 10.7. The maximum atomic E-state index is 8.70. The van der Waals surface area contributed by atoms with Gasteiger partial charge in [-0.1, -0.05) is 0 Å². The van der Waals surface area contributed by atoms with E-state index in [1.807, 2.05) is 0 Å². The van der Waals surface area contributed by atoms with Gasteiger partial charge in [0.2, 0.25) is 0 Å². The molecule has 1 unspecified atom stereocenters. The average Bonchev–Trinajstić information content (AvgIpc) is 1.84. The highest BCUT2D eigenvalue weighted by Gasteiger charge is 1.93. The second kappa shape index (κ2) is 14.5. The van der Waals surface area contributed by atoms with E-state index in [-0.39, 0.29) is 6.23 Å². The first kappa shape index (κ1) is 18.7. The van der Waals surface area contributed by atoms with Gasteiger partial charge in [-0.15, -0.1) is 19.6 Å². The molecule has 10 heteroatoms. The zero-order valence-corrected chi connectivity index (χ0v) is 8.81. The Balaban J connectivity index is -0.000000117. The van der Waals surface area contributed by atoms with Crippen LogP contribution in [0.15, 0.2) is 0 Å². The van der Waals surface area contributed by atoms with Gasteiger partial charge in [0.25, 0.3) is 0 Å². The van der Waals surface area contributed by atoms with Gasteiger partial charge in [-0.05, 0) is 14.0 Å². The van der Waals surface area contributed by atoms with Gasteiger partial charge in [0.1, 0.15) is 6.23 Å². The molecule has 0 bridgehead atoms. The Morgan fingerprint density at radius 3 is 1.15 bits per heavy atom. The van der Waals surface area contributed by atoms with Crippen LogP contribution < -0.4 is 5.32 Å². The molecule has 0 fully saturated rings. The van der Waals surface area contributed by atoms with Crippen LogP contribution in [0, 0.1) is 0 Å². The minimum Gasteiger partial charge on any atom is -0.379 e. The first-order valence-electron chi connectivity index (χ1n) is 2.79. The molecular formula is C3H13NO7P2+2. The topological polar surface area (TPSA) is 147 Å². The smallest absolute Gasteiger partial charge is 0.379 e. The number of nitrogens with one attached hydrogen (secondary N) is 1. The van der Waals surface area contributed by atoms with Crippen LogP contribution in [0.1, 0.15) is 6.92 Å². The van der Waals surface area contributed by atoms with Crippen LogP contribution in [0.5, 0.6) is 0 Å². The van der Waals surface area contributed by atoms with Crippen LogP contribution in [0.25, 0.3) is 0 Å². The fraction of sp³-hybridized carbons (Fsp3) is 1.00. The van der Waals surface area contributed by atoms with Crippen LogP contribution >= 0.6 is 16.5 Å². The molecule has 0 aliphatic carbocycles. The van der Waals surface area contributed by atoms with E-state index in [2.05, 4.69) is 5.32 Å². The van der Waals surface area contributed by atoms with Crippen molar-refractivity contribution in [2.45, 2.75) is 13.2 Å². The number of rotatable bonds is 1. The molecule has 0 rings (SSSR count). The first-order chi connectivity index (χ1) is 5.73. The van der Waals surface area contributed by atoms with E-state index in [1.165, 1.54) is 0 Å². The molecule has 13 heavy (non-hydrogen) atoms. The molecule has 0 radical (unpaired) electrons. The molecule has 0 amide bonds. The van der Waals surface area contributed by atoms with Gasteiger partial charge in [0.05, 0.1) is 0 Å². The maximum absolute atomic E-state index is 8.70. The summed E-state index contributed by atoms with van der Waals surface area (Å²) in [5.41, 5.74) is 0. The van der Waals surface area contributed by atoms with Crippen molar-refractivity contribution in [3.8, 4) is 0 Å². The summed E-state index contributed by atoms with van der Waals surface area (Å²) in [5, 5.41) is 10.8. The number of aliphatic hydroxyl groups excluding tert-OH is 1. The summed E-state index contributed by atoms with van der Waals surface area (Å²) in [5.74, 6) is 0. The minimum absolute atomic E-state index is 0.366. The van der Waals surface area contributed by atoms with Crippen molar-refractivity contribution in [1.82, 2.24) is 5.32 Å². The lowest BCUT2D eigenvalue weighted by molar-refractivity contribution is 0.167. The molecule has 0 spiro atoms. The van der Waals surface area contributed by atoms with Crippen molar-refractivity contribution >= 4 is 16.5 Å². The van der Waals surface area contributed by atoms with Gasteiger partial charge in [0, 0.05) is 9.13 Å². The molecule has 6 N–H and O–H groups in total. The van der Waals surface area contributed by atoms with Crippen molar-refractivity contribution in [3.05, 3.63) is 0 Å². The molecular weight excluding hydrogens is 224 g/mol. The quantitative estimate of drug-likeness (QED) is 0.246. The summed E-state index contributed by atoms with van der Waals surface area (Å²) in [6, 6.07) is 0. The van der Waals surface area contributed by atoms with Crippen molar-refractivity contribution in [1.29, 1.82) is 0 Å². The number of aliphatic hydroxyl groups is 1. The van der Waals surface area contributed by atoms with E-state index in [1.54, 1.807) is 14.0 Å².